The number of hydrogen-bond donors (Lipinski definition) is 0. The van der Waals surface area contributed by atoms with Crippen LogP contribution < -0.4 is 0 Å². The number of ether oxygens (including phenoxy) is 2. The van der Waals surface area contributed by atoms with Gasteiger partial charge in [0.2, 0.25) is 0 Å². The van der Waals surface area contributed by atoms with Crippen molar-refractivity contribution < 1.29 is 19.1 Å². The lowest BCUT2D eigenvalue weighted by Crippen LogP contribution is -2.06. The largest absolute Gasteiger partial charge is 0.465 e. The Morgan fingerprint density at radius 1 is 1.00 bits per heavy atom. The number of carbonyl (C=O) groups excluding carboxylic acids is 2. The maximum Gasteiger partial charge on any atom is 0.345 e. The smallest absolute Gasteiger partial charge is 0.345 e. The molecule has 0 aromatic heterocycles. The van der Waals surface area contributed by atoms with E-state index in [4.69, 9.17) is 0 Å². The van der Waals surface area contributed by atoms with E-state index in [-0.39, 0.29) is 0 Å². The predicted octanol–water partition coefficient (Wildman–Crippen LogP) is 1.50. The predicted molar refractivity (Wildman–Crippen MR) is 55.4 cm³/mol. The molecule has 0 saturated heterocycles. The van der Waals surface area contributed by atoms with Gasteiger partial charge in [-0.2, -0.15) is 0 Å². The van der Waals surface area contributed by atoms with Gasteiger partial charge in [-0.25, -0.2) is 9.59 Å². The van der Waals surface area contributed by atoms with E-state index < -0.39 is 11.9 Å². The van der Waals surface area contributed by atoms with Crippen LogP contribution in [0.15, 0.2) is 22.0 Å². The molecule has 0 bridgehead atoms. The van der Waals surface area contributed by atoms with E-state index in [1.807, 2.05) is 0 Å². The highest BCUT2D eigenvalue weighted by atomic mass is 33.1. The summed E-state index contributed by atoms with van der Waals surface area (Å²) >= 11 is 0. The van der Waals surface area contributed by atoms with Crippen molar-refractivity contribution in [2.24, 2.45) is 0 Å². The molecule has 0 aromatic carbocycles. The minimum Gasteiger partial charge on any atom is -0.465 e. The summed E-state index contributed by atoms with van der Waals surface area (Å²) in [5, 5.41) is 0. The third-order valence-electron chi connectivity index (χ3n) is 1.38. The van der Waals surface area contributed by atoms with Crippen molar-refractivity contribution in [3.63, 3.8) is 0 Å². The van der Waals surface area contributed by atoms with E-state index >= 15 is 0 Å². The summed E-state index contributed by atoms with van der Waals surface area (Å²) in [6.45, 7) is 0. The molecular formula is C8H8O4S2. The van der Waals surface area contributed by atoms with Gasteiger partial charge in [-0.05, 0) is 33.7 Å². The lowest BCUT2D eigenvalue weighted by molar-refractivity contribution is -0.136. The molecule has 0 N–H and O–H groups in total. The molecule has 0 saturated carbocycles. The average molecular weight is 232 g/mol. The fraction of sp³-hybridized carbons (Fsp3) is 0.250. The maximum absolute atomic E-state index is 11.0. The fourth-order valence-electron chi connectivity index (χ4n) is 0.702. The Morgan fingerprint density at radius 3 is 1.57 bits per heavy atom. The van der Waals surface area contributed by atoms with E-state index in [2.05, 4.69) is 9.47 Å². The van der Waals surface area contributed by atoms with Gasteiger partial charge in [0.15, 0.2) is 0 Å². The van der Waals surface area contributed by atoms with Gasteiger partial charge in [-0.3, -0.25) is 0 Å². The summed E-state index contributed by atoms with van der Waals surface area (Å²) < 4.78 is 9.05. The van der Waals surface area contributed by atoms with Crippen molar-refractivity contribution in [3.05, 3.63) is 22.0 Å². The molecule has 4 nitrogen and oxygen atoms in total. The molecule has 0 fully saturated rings. The normalized spacial score (nSPS) is 15.3. The van der Waals surface area contributed by atoms with Crippen molar-refractivity contribution in [2.45, 2.75) is 0 Å². The van der Waals surface area contributed by atoms with E-state index in [1.165, 1.54) is 35.8 Å². The van der Waals surface area contributed by atoms with E-state index in [0.29, 0.717) is 9.81 Å². The van der Waals surface area contributed by atoms with Crippen LogP contribution in [-0.4, -0.2) is 26.2 Å². The van der Waals surface area contributed by atoms with Gasteiger partial charge in [0.05, 0.1) is 14.2 Å². The summed E-state index contributed by atoms with van der Waals surface area (Å²) in [7, 11) is 4.99. The molecule has 1 rings (SSSR count). The van der Waals surface area contributed by atoms with Crippen LogP contribution in [0.4, 0.5) is 0 Å². The highest BCUT2D eigenvalue weighted by Gasteiger charge is 2.19. The number of allylic oxidation sites excluding steroid dienone is 2. The highest BCUT2D eigenvalue weighted by molar-refractivity contribution is 8.80. The molecule has 1 aliphatic rings. The molecule has 0 unspecified atom stereocenters. The second kappa shape index (κ2) is 5.11. The molecule has 0 spiro atoms. The van der Waals surface area contributed by atoms with E-state index in [1.54, 1.807) is 12.2 Å². The SMILES string of the molecule is COC(=O)C1=CC=C(C(=O)OC)SS1. The molecule has 6 heteroatoms. The topological polar surface area (TPSA) is 52.6 Å². The second-order valence-corrected chi connectivity index (χ2v) is 4.42. The molecule has 76 valence electrons. The van der Waals surface area contributed by atoms with Gasteiger partial charge in [-0.15, -0.1) is 0 Å². The zero-order valence-corrected chi connectivity index (χ0v) is 9.24. The molecule has 0 aliphatic carbocycles. The average Bonchev–Trinajstić information content (AvgIpc) is 2.27. The van der Waals surface area contributed by atoms with E-state index in [0.717, 1.165) is 0 Å². The number of methoxy groups -OCH3 is 2. The maximum atomic E-state index is 11.0. The first kappa shape index (κ1) is 11.2. The van der Waals surface area contributed by atoms with Crippen molar-refractivity contribution >= 4 is 33.5 Å². The van der Waals surface area contributed by atoms with Crippen LogP contribution >= 0.6 is 21.6 Å². The number of esters is 2. The minimum absolute atomic E-state index is 0.400. The first-order chi connectivity index (χ1) is 6.69. The van der Waals surface area contributed by atoms with Crippen LogP contribution in [0.1, 0.15) is 0 Å². The first-order valence-corrected chi connectivity index (χ1v) is 5.77. The molecular weight excluding hydrogens is 224 g/mol. The Labute approximate surface area is 89.1 Å². The van der Waals surface area contributed by atoms with Gasteiger partial charge < -0.3 is 9.47 Å². The lowest BCUT2D eigenvalue weighted by atomic mass is 10.4. The van der Waals surface area contributed by atoms with Crippen LogP contribution in [0.3, 0.4) is 0 Å². The number of hydrogen-bond acceptors (Lipinski definition) is 6. The van der Waals surface area contributed by atoms with Crippen LogP contribution in [-0.2, 0) is 19.1 Å². The van der Waals surface area contributed by atoms with Crippen molar-refractivity contribution in [1.82, 2.24) is 0 Å². The Morgan fingerprint density at radius 2 is 1.36 bits per heavy atom. The quantitative estimate of drug-likeness (QED) is 0.531. The van der Waals surface area contributed by atoms with Gasteiger partial charge in [0.25, 0.3) is 0 Å². The van der Waals surface area contributed by atoms with Crippen LogP contribution in [0.2, 0.25) is 0 Å². The summed E-state index contributed by atoms with van der Waals surface area (Å²) in [6.07, 6.45) is 3.08. The molecule has 0 amide bonds. The zero-order valence-electron chi connectivity index (χ0n) is 7.60. The van der Waals surface area contributed by atoms with E-state index in [9.17, 15) is 9.59 Å². The first-order valence-electron chi connectivity index (χ1n) is 3.62. The molecule has 0 radical (unpaired) electrons. The Kier molecular flexibility index (Phi) is 4.09. The summed E-state index contributed by atoms with van der Waals surface area (Å²) in [6, 6.07) is 0. The zero-order chi connectivity index (χ0) is 10.6. The monoisotopic (exact) mass is 232 g/mol. The fourth-order valence-corrected chi connectivity index (χ4v) is 2.71. The van der Waals surface area contributed by atoms with Gasteiger partial charge >= 0.3 is 11.9 Å². The van der Waals surface area contributed by atoms with Crippen LogP contribution in [0, 0.1) is 0 Å². The van der Waals surface area contributed by atoms with Gasteiger partial charge in [0, 0.05) is 0 Å². The molecule has 1 aliphatic heterocycles. The minimum atomic E-state index is -0.400. The summed E-state index contributed by atoms with van der Waals surface area (Å²) in [5.41, 5.74) is 0. The molecule has 14 heavy (non-hydrogen) atoms. The van der Waals surface area contributed by atoms with Crippen molar-refractivity contribution in [3.8, 4) is 0 Å². The van der Waals surface area contributed by atoms with Crippen LogP contribution in [0.25, 0.3) is 0 Å². The number of carbonyl (C=O) groups is 2. The molecule has 0 aromatic rings. The Bertz CT molecular complexity index is 287. The van der Waals surface area contributed by atoms with Gasteiger partial charge in [-0.1, -0.05) is 0 Å². The van der Waals surface area contributed by atoms with Gasteiger partial charge in [0.1, 0.15) is 9.81 Å². The summed E-state index contributed by atoms with van der Waals surface area (Å²) in [5.74, 6) is -0.801. The summed E-state index contributed by atoms with van der Waals surface area (Å²) in [4.78, 5) is 23.0. The third kappa shape index (κ3) is 2.55. The Hall–Kier alpha value is -0.880. The second-order valence-electron chi connectivity index (χ2n) is 2.21. The van der Waals surface area contributed by atoms with Crippen molar-refractivity contribution in [1.29, 1.82) is 0 Å². The standard InChI is InChI=1S/C8H8O4S2/c1-11-7(9)5-3-4-6(14-13-5)8(10)12-2/h3-4H,1-2H3. The number of rotatable bonds is 2. The highest BCUT2D eigenvalue weighted by Crippen LogP contribution is 2.40. The van der Waals surface area contributed by atoms with Crippen molar-refractivity contribution in [2.75, 3.05) is 14.2 Å². The third-order valence-corrected chi connectivity index (χ3v) is 3.76. The lowest BCUT2D eigenvalue weighted by Gasteiger charge is -2.09. The molecule has 1 heterocycles. The van der Waals surface area contributed by atoms with Crippen LogP contribution in [0.5, 0.6) is 0 Å². The Balaban J connectivity index is 2.73. The molecule has 0 atom stereocenters.